The van der Waals surface area contributed by atoms with E-state index in [9.17, 15) is 5.11 Å². The first-order valence-electron chi connectivity index (χ1n) is 7.97. The number of anilines is 2. The molecule has 4 rings (SSSR count). The van der Waals surface area contributed by atoms with Crippen LogP contribution in [0.25, 0.3) is 11.2 Å². The molecule has 1 aliphatic heterocycles. The highest BCUT2D eigenvalue weighted by molar-refractivity contribution is 5.84. The normalized spacial score (nSPS) is 15.2. The van der Waals surface area contributed by atoms with Crippen LogP contribution in [0.5, 0.6) is 11.8 Å². The molecule has 0 atom stereocenters. The van der Waals surface area contributed by atoms with Gasteiger partial charge in [0, 0.05) is 6.54 Å². The quantitative estimate of drug-likeness (QED) is 0.553. The van der Waals surface area contributed by atoms with Crippen LogP contribution in [0, 0.1) is 0 Å². The van der Waals surface area contributed by atoms with Gasteiger partial charge in [0.2, 0.25) is 5.95 Å². The Morgan fingerprint density at radius 2 is 2.08 bits per heavy atom. The summed E-state index contributed by atoms with van der Waals surface area (Å²) in [4.78, 5) is 12.7. The number of ether oxygens (including phenoxy) is 2. The van der Waals surface area contributed by atoms with E-state index in [2.05, 4.69) is 20.3 Å². The highest BCUT2D eigenvalue weighted by Gasteiger charge is 2.17. The van der Waals surface area contributed by atoms with Gasteiger partial charge in [-0.25, -0.2) is 0 Å². The van der Waals surface area contributed by atoms with Gasteiger partial charge in [-0.1, -0.05) is 12.1 Å². The lowest BCUT2D eigenvalue weighted by Gasteiger charge is -2.09. The monoisotopic (exact) mass is 342 g/mol. The lowest BCUT2D eigenvalue weighted by Crippen LogP contribution is -2.15. The third-order valence-corrected chi connectivity index (χ3v) is 3.87. The second kappa shape index (κ2) is 6.44. The van der Waals surface area contributed by atoms with E-state index in [1.54, 1.807) is 4.57 Å². The first kappa shape index (κ1) is 15.5. The highest BCUT2D eigenvalue weighted by Crippen LogP contribution is 2.25. The Balaban J connectivity index is 1.80. The fourth-order valence-corrected chi connectivity index (χ4v) is 2.71. The largest absolute Gasteiger partial charge is 0.491 e. The summed E-state index contributed by atoms with van der Waals surface area (Å²) >= 11 is 0. The Morgan fingerprint density at radius 1 is 1.16 bits per heavy atom. The van der Waals surface area contributed by atoms with Gasteiger partial charge in [-0.15, -0.1) is 0 Å². The number of rotatable bonds is 0. The number of aromatic nitrogens is 4. The van der Waals surface area contributed by atoms with Crippen LogP contribution in [-0.2, 0) is 11.3 Å². The molecule has 1 aliphatic rings. The standard InChI is InChI=1S/C16H18N6O3/c17-13-12-14-21-15(20-13)18-4-5-24-6-7-25-11-3-1-2-10(8-11)9-22(14)16(23)19-12/h1-3,8H,4-7,9H2,(H,19,23)(H3,17,18,20,21). The van der Waals surface area contributed by atoms with Gasteiger partial charge in [0.25, 0.3) is 6.01 Å². The molecule has 0 unspecified atom stereocenters. The zero-order chi connectivity index (χ0) is 17.2. The van der Waals surface area contributed by atoms with Crippen molar-refractivity contribution in [2.75, 3.05) is 37.4 Å². The minimum absolute atomic E-state index is 0.160. The summed E-state index contributed by atoms with van der Waals surface area (Å²) in [7, 11) is 0. The molecule has 0 aliphatic carbocycles. The van der Waals surface area contributed by atoms with E-state index in [0.717, 1.165) is 11.3 Å². The molecule has 0 saturated heterocycles. The number of fused-ring (bicyclic) bond motifs is 3. The van der Waals surface area contributed by atoms with Crippen molar-refractivity contribution >= 4 is 22.9 Å². The van der Waals surface area contributed by atoms with E-state index in [4.69, 9.17) is 15.2 Å². The van der Waals surface area contributed by atoms with Crippen LogP contribution in [0.3, 0.4) is 0 Å². The maximum Gasteiger partial charge on any atom is 0.296 e. The number of benzene rings is 1. The molecule has 0 amide bonds. The van der Waals surface area contributed by atoms with Crippen molar-refractivity contribution < 1.29 is 14.6 Å². The van der Waals surface area contributed by atoms with Crippen LogP contribution in [0.2, 0.25) is 0 Å². The molecular weight excluding hydrogens is 324 g/mol. The number of hydrogen-bond donors (Lipinski definition) is 3. The first-order valence-corrected chi connectivity index (χ1v) is 7.97. The molecular formula is C16H18N6O3. The number of nitrogens with zero attached hydrogens (tertiary/aromatic N) is 4. The predicted molar refractivity (Wildman–Crippen MR) is 91.7 cm³/mol. The molecule has 0 radical (unpaired) electrons. The van der Waals surface area contributed by atoms with Crippen molar-refractivity contribution in [1.29, 1.82) is 0 Å². The first-order chi connectivity index (χ1) is 12.2. The highest BCUT2D eigenvalue weighted by atomic mass is 16.5. The molecule has 0 fully saturated rings. The van der Waals surface area contributed by atoms with Crippen molar-refractivity contribution in [2.24, 2.45) is 0 Å². The summed E-state index contributed by atoms with van der Waals surface area (Å²) in [5.74, 6) is 1.33. The van der Waals surface area contributed by atoms with Crippen molar-refractivity contribution in [2.45, 2.75) is 6.54 Å². The lowest BCUT2D eigenvalue weighted by molar-refractivity contribution is 0.107. The van der Waals surface area contributed by atoms with E-state index < -0.39 is 0 Å². The van der Waals surface area contributed by atoms with Crippen LogP contribution in [0.1, 0.15) is 5.56 Å². The molecule has 4 bridgehead atoms. The molecule has 0 spiro atoms. The smallest absolute Gasteiger partial charge is 0.296 e. The molecule has 2 aromatic heterocycles. The average molecular weight is 342 g/mol. The lowest BCUT2D eigenvalue weighted by atomic mass is 10.2. The SMILES string of the molecule is Nc1nc2nc3c1nc(O)n3Cc1cccc(c1)OCCOCCN2. The second-order valence-electron chi connectivity index (χ2n) is 5.64. The summed E-state index contributed by atoms with van der Waals surface area (Å²) in [5.41, 5.74) is 7.75. The van der Waals surface area contributed by atoms with E-state index >= 15 is 0 Å². The topological polar surface area (TPSA) is 120 Å². The number of nitrogen functional groups attached to an aromatic ring is 1. The number of nitrogens with two attached hydrogens (primary N) is 1. The van der Waals surface area contributed by atoms with E-state index in [-0.39, 0.29) is 11.8 Å². The molecule has 4 N–H and O–H groups in total. The molecule has 9 nitrogen and oxygen atoms in total. The van der Waals surface area contributed by atoms with Crippen molar-refractivity contribution in [3.05, 3.63) is 29.8 Å². The van der Waals surface area contributed by atoms with Gasteiger partial charge in [-0.05, 0) is 17.7 Å². The summed E-state index contributed by atoms with van der Waals surface area (Å²) in [5, 5.41) is 13.3. The van der Waals surface area contributed by atoms with Gasteiger partial charge in [-0.2, -0.15) is 15.0 Å². The minimum Gasteiger partial charge on any atom is -0.491 e. The van der Waals surface area contributed by atoms with E-state index in [1.165, 1.54) is 0 Å². The summed E-state index contributed by atoms with van der Waals surface area (Å²) in [6.45, 7) is 2.33. The number of imidazole rings is 1. The Kier molecular flexibility index (Phi) is 3.98. The van der Waals surface area contributed by atoms with E-state index in [0.29, 0.717) is 50.0 Å². The van der Waals surface area contributed by atoms with Crippen LogP contribution in [0.15, 0.2) is 24.3 Å². The van der Waals surface area contributed by atoms with Gasteiger partial charge < -0.3 is 25.6 Å². The van der Waals surface area contributed by atoms with Gasteiger partial charge in [0.05, 0.1) is 19.8 Å². The Morgan fingerprint density at radius 3 is 3.00 bits per heavy atom. The second-order valence-corrected chi connectivity index (χ2v) is 5.64. The van der Waals surface area contributed by atoms with Gasteiger partial charge in [0.1, 0.15) is 12.4 Å². The molecule has 0 saturated carbocycles. The van der Waals surface area contributed by atoms with Gasteiger partial charge >= 0.3 is 0 Å². The zero-order valence-corrected chi connectivity index (χ0v) is 13.5. The minimum atomic E-state index is -0.160. The summed E-state index contributed by atoms with van der Waals surface area (Å²) in [6, 6.07) is 7.47. The number of hydrogen-bond acceptors (Lipinski definition) is 8. The third kappa shape index (κ3) is 3.13. The van der Waals surface area contributed by atoms with E-state index in [1.807, 2.05) is 24.3 Å². The van der Waals surface area contributed by atoms with Crippen LogP contribution in [-0.4, -0.2) is 51.0 Å². The number of aromatic hydroxyl groups is 1. The fourth-order valence-electron chi connectivity index (χ4n) is 2.71. The van der Waals surface area contributed by atoms with Gasteiger partial charge in [0.15, 0.2) is 17.0 Å². The molecule has 130 valence electrons. The maximum atomic E-state index is 10.2. The average Bonchev–Trinajstić information content (AvgIpc) is 2.90. The molecule has 1 aromatic carbocycles. The van der Waals surface area contributed by atoms with Gasteiger partial charge in [-0.3, -0.25) is 4.57 Å². The van der Waals surface area contributed by atoms with Crippen molar-refractivity contribution in [3.8, 4) is 11.8 Å². The Labute approximate surface area is 143 Å². The number of nitrogens with one attached hydrogen (secondary N) is 1. The van der Waals surface area contributed by atoms with Crippen molar-refractivity contribution in [3.63, 3.8) is 0 Å². The summed E-state index contributed by atoms with van der Waals surface area (Å²) in [6.07, 6.45) is 0. The van der Waals surface area contributed by atoms with Crippen molar-refractivity contribution in [1.82, 2.24) is 19.5 Å². The molecule has 25 heavy (non-hydrogen) atoms. The van der Waals surface area contributed by atoms with Crippen LogP contribution >= 0.6 is 0 Å². The maximum absolute atomic E-state index is 10.2. The summed E-state index contributed by atoms with van der Waals surface area (Å²) < 4.78 is 12.8. The fraction of sp³-hybridized carbons (Fsp3) is 0.312. The third-order valence-electron chi connectivity index (χ3n) is 3.87. The van der Waals surface area contributed by atoms with Crippen LogP contribution < -0.4 is 15.8 Å². The Hall–Kier alpha value is -3.07. The molecule has 3 heterocycles. The predicted octanol–water partition coefficient (Wildman–Crippen LogP) is 0.983. The molecule has 3 aromatic rings. The zero-order valence-electron chi connectivity index (χ0n) is 13.5. The van der Waals surface area contributed by atoms with Crippen LogP contribution in [0.4, 0.5) is 11.8 Å². The Bertz CT molecular complexity index is 910. The molecule has 9 heteroatoms.